The molecule has 0 amide bonds. The van der Waals surface area contributed by atoms with Crippen LogP contribution in [0.5, 0.6) is 0 Å². The molecule has 0 aromatic rings. The van der Waals surface area contributed by atoms with Crippen LogP contribution >= 0.6 is 0 Å². The Labute approximate surface area is 94.6 Å². The van der Waals surface area contributed by atoms with Crippen LogP contribution in [-0.2, 0) is 4.79 Å². The highest BCUT2D eigenvalue weighted by Gasteiger charge is 2.27. The van der Waals surface area contributed by atoms with Crippen LogP contribution in [0.15, 0.2) is 0 Å². The van der Waals surface area contributed by atoms with Gasteiger partial charge in [-0.25, -0.2) is 0 Å². The number of carbonyl (C=O) groups excluding carboxylic acids is 1. The molecule has 1 nitrogen and oxygen atoms in total. The summed E-state index contributed by atoms with van der Waals surface area (Å²) in [5.74, 6) is 2.82. The van der Waals surface area contributed by atoms with E-state index in [-0.39, 0.29) is 5.92 Å². The predicted octanol–water partition coefficient (Wildman–Crippen LogP) is 4.06. The second kappa shape index (κ2) is 5.67. The molecule has 1 fully saturated rings. The summed E-state index contributed by atoms with van der Waals surface area (Å²) in [5, 5.41) is 0. The molecule has 0 spiro atoms. The fourth-order valence-corrected chi connectivity index (χ4v) is 2.82. The maximum absolute atomic E-state index is 11.8. The largest absolute Gasteiger partial charge is 0.299 e. The highest BCUT2D eigenvalue weighted by atomic mass is 16.1. The number of ketones is 1. The summed E-state index contributed by atoms with van der Waals surface area (Å²) in [6.45, 7) is 8.65. The summed E-state index contributed by atoms with van der Waals surface area (Å²) in [6, 6.07) is 0. The lowest BCUT2D eigenvalue weighted by atomic mass is 9.75. The first-order valence-electron chi connectivity index (χ1n) is 6.54. The number of carbonyl (C=O) groups is 1. The summed E-state index contributed by atoms with van der Waals surface area (Å²) in [6.07, 6.45) is 6.20. The molecule has 0 unspecified atom stereocenters. The van der Waals surface area contributed by atoms with Crippen molar-refractivity contribution in [3.63, 3.8) is 0 Å². The van der Waals surface area contributed by atoms with Crippen LogP contribution in [-0.4, -0.2) is 5.78 Å². The Morgan fingerprint density at radius 2 is 1.60 bits per heavy atom. The molecule has 1 rings (SSSR count). The third-order valence-corrected chi connectivity index (χ3v) is 3.62. The molecule has 1 saturated carbocycles. The van der Waals surface area contributed by atoms with E-state index in [1.54, 1.807) is 0 Å². The molecule has 0 bridgehead atoms. The quantitative estimate of drug-likeness (QED) is 0.683. The fourth-order valence-electron chi connectivity index (χ4n) is 2.82. The summed E-state index contributed by atoms with van der Waals surface area (Å²) in [5.41, 5.74) is 0. The van der Waals surface area contributed by atoms with Gasteiger partial charge in [-0.05, 0) is 43.9 Å². The van der Waals surface area contributed by atoms with Crippen molar-refractivity contribution >= 4 is 5.78 Å². The van der Waals surface area contributed by atoms with Gasteiger partial charge in [0.15, 0.2) is 0 Å². The number of rotatable bonds is 4. The average molecular weight is 210 g/mol. The maximum Gasteiger partial charge on any atom is 0.138 e. The lowest BCUT2D eigenvalue weighted by molar-refractivity contribution is -0.127. The summed E-state index contributed by atoms with van der Waals surface area (Å²) < 4.78 is 0. The molecule has 0 heterocycles. The van der Waals surface area contributed by atoms with Crippen LogP contribution in [0.1, 0.15) is 59.8 Å². The Morgan fingerprint density at radius 3 is 2.00 bits per heavy atom. The minimum absolute atomic E-state index is 0.233. The van der Waals surface area contributed by atoms with Crippen LogP contribution in [0.2, 0.25) is 0 Å². The SMILES string of the molecule is CC(C)CC1CCC(C(=O)C(C)C)CC1. The highest BCUT2D eigenvalue weighted by Crippen LogP contribution is 2.34. The van der Waals surface area contributed by atoms with Crippen molar-refractivity contribution < 1.29 is 4.79 Å². The standard InChI is InChI=1S/C14H26O/c1-10(2)9-12-5-7-13(8-6-12)14(15)11(3)4/h10-13H,5-9H2,1-4H3. The zero-order valence-corrected chi connectivity index (χ0v) is 10.8. The van der Waals surface area contributed by atoms with E-state index in [2.05, 4.69) is 13.8 Å². The topological polar surface area (TPSA) is 17.1 Å². The molecular formula is C14H26O. The molecule has 0 aromatic heterocycles. The van der Waals surface area contributed by atoms with Crippen LogP contribution < -0.4 is 0 Å². The van der Waals surface area contributed by atoms with Crippen LogP contribution in [0.4, 0.5) is 0 Å². The summed E-state index contributed by atoms with van der Waals surface area (Å²) in [4.78, 5) is 11.8. The first-order chi connectivity index (χ1) is 7.00. The third kappa shape index (κ3) is 3.96. The van der Waals surface area contributed by atoms with Crippen LogP contribution in [0, 0.1) is 23.7 Å². The second-order valence-corrected chi connectivity index (χ2v) is 5.90. The fraction of sp³-hybridized carbons (Fsp3) is 0.929. The van der Waals surface area contributed by atoms with Crippen molar-refractivity contribution in [3.8, 4) is 0 Å². The van der Waals surface area contributed by atoms with Gasteiger partial charge in [0.2, 0.25) is 0 Å². The molecule has 1 aliphatic rings. The van der Waals surface area contributed by atoms with Crippen molar-refractivity contribution in [3.05, 3.63) is 0 Å². The zero-order valence-electron chi connectivity index (χ0n) is 10.8. The van der Waals surface area contributed by atoms with Gasteiger partial charge in [0, 0.05) is 11.8 Å². The highest BCUT2D eigenvalue weighted by molar-refractivity contribution is 5.82. The Balaban J connectivity index is 2.32. The number of hydrogen-bond acceptors (Lipinski definition) is 1. The second-order valence-electron chi connectivity index (χ2n) is 5.90. The Bertz CT molecular complexity index is 197. The van der Waals surface area contributed by atoms with E-state index in [1.807, 2.05) is 13.8 Å². The molecule has 15 heavy (non-hydrogen) atoms. The van der Waals surface area contributed by atoms with E-state index >= 15 is 0 Å². The lowest BCUT2D eigenvalue weighted by Crippen LogP contribution is -2.25. The van der Waals surface area contributed by atoms with Gasteiger partial charge in [-0.2, -0.15) is 0 Å². The predicted molar refractivity (Wildman–Crippen MR) is 64.7 cm³/mol. The van der Waals surface area contributed by atoms with Gasteiger partial charge < -0.3 is 0 Å². The molecule has 0 aromatic carbocycles. The van der Waals surface area contributed by atoms with Crippen molar-refractivity contribution in [1.82, 2.24) is 0 Å². The van der Waals surface area contributed by atoms with Gasteiger partial charge in [-0.3, -0.25) is 4.79 Å². The van der Waals surface area contributed by atoms with E-state index in [1.165, 1.54) is 19.3 Å². The monoisotopic (exact) mass is 210 g/mol. The third-order valence-electron chi connectivity index (χ3n) is 3.62. The van der Waals surface area contributed by atoms with Crippen molar-refractivity contribution in [1.29, 1.82) is 0 Å². The number of Topliss-reactive ketones (excluding diaryl/α,β-unsaturated/α-hetero) is 1. The molecule has 0 radical (unpaired) electrons. The van der Waals surface area contributed by atoms with Crippen molar-refractivity contribution in [2.24, 2.45) is 23.7 Å². The van der Waals surface area contributed by atoms with Crippen molar-refractivity contribution in [2.75, 3.05) is 0 Å². The lowest BCUT2D eigenvalue weighted by Gasteiger charge is -2.29. The van der Waals surface area contributed by atoms with Crippen LogP contribution in [0.25, 0.3) is 0 Å². The zero-order chi connectivity index (χ0) is 11.4. The van der Waals surface area contributed by atoms with Gasteiger partial charge in [0.25, 0.3) is 0 Å². The van der Waals surface area contributed by atoms with Gasteiger partial charge in [-0.1, -0.05) is 27.7 Å². The van der Waals surface area contributed by atoms with Crippen molar-refractivity contribution in [2.45, 2.75) is 59.8 Å². The van der Waals surface area contributed by atoms with Gasteiger partial charge in [-0.15, -0.1) is 0 Å². The normalized spacial score (nSPS) is 27.3. The molecule has 1 heteroatoms. The smallest absolute Gasteiger partial charge is 0.138 e. The first kappa shape index (κ1) is 12.7. The first-order valence-corrected chi connectivity index (χ1v) is 6.54. The van der Waals surface area contributed by atoms with Gasteiger partial charge in [0.1, 0.15) is 5.78 Å². The summed E-state index contributed by atoms with van der Waals surface area (Å²) in [7, 11) is 0. The van der Waals surface area contributed by atoms with E-state index in [4.69, 9.17) is 0 Å². The Morgan fingerprint density at radius 1 is 1.07 bits per heavy atom. The molecule has 0 N–H and O–H groups in total. The van der Waals surface area contributed by atoms with E-state index in [9.17, 15) is 4.79 Å². The molecule has 0 saturated heterocycles. The van der Waals surface area contributed by atoms with E-state index in [0.717, 1.165) is 24.7 Å². The molecule has 0 aliphatic heterocycles. The molecule has 88 valence electrons. The van der Waals surface area contributed by atoms with Crippen LogP contribution in [0.3, 0.4) is 0 Å². The maximum atomic E-state index is 11.8. The van der Waals surface area contributed by atoms with E-state index in [0.29, 0.717) is 11.7 Å². The molecular weight excluding hydrogens is 184 g/mol. The minimum atomic E-state index is 0.233. The summed E-state index contributed by atoms with van der Waals surface area (Å²) >= 11 is 0. The molecule has 0 atom stereocenters. The minimum Gasteiger partial charge on any atom is -0.299 e. The van der Waals surface area contributed by atoms with Gasteiger partial charge >= 0.3 is 0 Å². The van der Waals surface area contributed by atoms with Gasteiger partial charge in [0.05, 0.1) is 0 Å². The average Bonchev–Trinajstić information content (AvgIpc) is 2.17. The number of hydrogen-bond donors (Lipinski definition) is 0. The Hall–Kier alpha value is -0.330. The van der Waals surface area contributed by atoms with E-state index < -0.39 is 0 Å². The molecule has 1 aliphatic carbocycles. The Kier molecular flexibility index (Phi) is 4.82.